The molecule has 1 saturated carbocycles. The lowest BCUT2D eigenvalue weighted by atomic mass is 9.90. The van der Waals surface area contributed by atoms with Crippen LogP contribution in [0.3, 0.4) is 0 Å². The maximum atomic E-state index is 12.1. The van der Waals surface area contributed by atoms with Crippen molar-refractivity contribution in [2.75, 3.05) is 19.7 Å². The molecule has 1 fully saturated rings. The van der Waals surface area contributed by atoms with E-state index in [9.17, 15) is 4.79 Å². The Hall–Kier alpha value is -0.610. The molecule has 0 saturated heterocycles. The third-order valence-electron chi connectivity index (χ3n) is 3.82. The molecule has 1 rings (SSSR count). The predicted octanol–water partition coefficient (Wildman–Crippen LogP) is 1.53. The molecule has 0 aromatic carbocycles. The zero-order valence-electron chi connectivity index (χ0n) is 11.8. The Morgan fingerprint density at radius 3 is 2.67 bits per heavy atom. The van der Waals surface area contributed by atoms with Gasteiger partial charge in [0.25, 0.3) is 0 Å². The second kappa shape index (κ2) is 8.48. The van der Waals surface area contributed by atoms with Crippen LogP contribution in [0.15, 0.2) is 0 Å². The normalized spacial score (nSPS) is 17.6. The zero-order valence-corrected chi connectivity index (χ0v) is 11.8. The van der Waals surface area contributed by atoms with E-state index in [0.717, 1.165) is 32.4 Å². The molecule has 0 aromatic heterocycles. The second-order valence-electron chi connectivity index (χ2n) is 5.22. The molecule has 0 aliphatic heterocycles. The van der Waals surface area contributed by atoms with E-state index in [-0.39, 0.29) is 18.6 Å². The van der Waals surface area contributed by atoms with Crippen LogP contribution in [0.1, 0.15) is 52.4 Å². The Morgan fingerprint density at radius 1 is 1.44 bits per heavy atom. The number of rotatable bonds is 9. The summed E-state index contributed by atoms with van der Waals surface area (Å²) >= 11 is 0. The summed E-state index contributed by atoms with van der Waals surface area (Å²) in [5.74, 6) is 0.133. The smallest absolute Gasteiger partial charge is 0.237 e. The number of aliphatic hydroxyl groups excluding tert-OH is 1. The monoisotopic (exact) mass is 256 g/mol. The zero-order chi connectivity index (χ0) is 13.4. The first-order chi connectivity index (χ1) is 8.70. The molecule has 0 aromatic rings. The van der Waals surface area contributed by atoms with Gasteiger partial charge in [-0.15, -0.1) is 0 Å². The third kappa shape index (κ3) is 4.58. The second-order valence-corrected chi connectivity index (χ2v) is 5.22. The average Bonchev–Trinajstić information content (AvgIpc) is 2.31. The van der Waals surface area contributed by atoms with Gasteiger partial charge >= 0.3 is 0 Å². The Kier molecular flexibility index (Phi) is 7.28. The van der Waals surface area contributed by atoms with Crippen LogP contribution in [-0.2, 0) is 4.79 Å². The third-order valence-corrected chi connectivity index (χ3v) is 3.82. The van der Waals surface area contributed by atoms with Crippen molar-refractivity contribution in [3.8, 4) is 0 Å². The summed E-state index contributed by atoms with van der Waals surface area (Å²) in [6.07, 6.45) is 6.55. The van der Waals surface area contributed by atoms with Crippen molar-refractivity contribution < 1.29 is 9.90 Å². The van der Waals surface area contributed by atoms with Crippen LogP contribution >= 0.6 is 0 Å². The topological polar surface area (TPSA) is 52.6 Å². The van der Waals surface area contributed by atoms with E-state index < -0.39 is 0 Å². The summed E-state index contributed by atoms with van der Waals surface area (Å²) in [6.45, 7) is 5.91. The van der Waals surface area contributed by atoms with Crippen molar-refractivity contribution in [3.05, 3.63) is 0 Å². The van der Waals surface area contributed by atoms with Gasteiger partial charge in [0.15, 0.2) is 0 Å². The number of hydrogen-bond donors (Lipinski definition) is 2. The predicted molar refractivity (Wildman–Crippen MR) is 73.4 cm³/mol. The molecule has 0 bridgehead atoms. The highest BCUT2D eigenvalue weighted by molar-refractivity contribution is 5.81. The molecule has 4 nitrogen and oxygen atoms in total. The lowest BCUT2D eigenvalue weighted by Crippen LogP contribution is -2.52. The van der Waals surface area contributed by atoms with Gasteiger partial charge in [-0.25, -0.2) is 0 Å². The summed E-state index contributed by atoms with van der Waals surface area (Å²) in [6, 6.07) is 0.474. The van der Waals surface area contributed by atoms with Crippen molar-refractivity contribution in [1.82, 2.24) is 10.2 Å². The summed E-state index contributed by atoms with van der Waals surface area (Å²) < 4.78 is 0. The Bertz CT molecular complexity index is 242. The van der Waals surface area contributed by atoms with E-state index in [4.69, 9.17) is 5.11 Å². The number of hydrogen-bond acceptors (Lipinski definition) is 3. The van der Waals surface area contributed by atoms with Crippen LogP contribution in [-0.4, -0.2) is 47.7 Å². The molecule has 1 unspecified atom stereocenters. The summed E-state index contributed by atoms with van der Waals surface area (Å²) in [5, 5.41) is 12.0. The van der Waals surface area contributed by atoms with E-state index in [0.29, 0.717) is 6.04 Å². The van der Waals surface area contributed by atoms with Crippen LogP contribution < -0.4 is 5.32 Å². The molecule has 106 valence electrons. The fraction of sp³-hybridized carbons (Fsp3) is 0.929. The molecule has 1 amide bonds. The Morgan fingerprint density at radius 2 is 2.17 bits per heavy atom. The number of carbonyl (C=O) groups excluding carboxylic acids is 1. The van der Waals surface area contributed by atoms with Gasteiger partial charge in [-0.2, -0.15) is 0 Å². The molecule has 1 atom stereocenters. The van der Waals surface area contributed by atoms with Crippen molar-refractivity contribution in [2.45, 2.75) is 64.5 Å². The number of nitrogens with one attached hydrogen (secondary N) is 1. The van der Waals surface area contributed by atoms with Gasteiger partial charge in [-0.1, -0.05) is 19.8 Å². The van der Waals surface area contributed by atoms with Gasteiger partial charge in [0.05, 0.1) is 6.04 Å². The first kappa shape index (κ1) is 15.4. The average molecular weight is 256 g/mol. The van der Waals surface area contributed by atoms with Crippen LogP contribution in [0.5, 0.6) is 0 Å². The van der Waals surface area contributed by atoms with Gasteiger partial charge in [0.2, 0.25) is 5.91 Å². The van der Waals surface area contributed by atoms with E-state index in [2.05, 4.69) is 17.1 Å². The van der Waals surface area contributed by atoms with Gasteiger partial charge in [0.1, 0.15) is 0 Å². The summed E-state index contributed by atoms with van der Waals surface area (Å²) in [4.78, 5) is 14.3. The molecule has 0 radical (unpaired) electrons. The lowest BCUT2D eigenvalue weighted by Gasteiger charge is -2.40. The SMILES string of the molecule is CCCCNC(=O)C(C)N(CCCO)C1CCC1. The molecule has 2 N–H and O–H groups in total. The highest BCUT2D eigenvalue weighted by Gasteiger charge is 2.31. The maximum absolute atomic E-state index is 12.1. The highest BCUT2D eigenvalue weighted by atomic mass is 16.3. The van der Waals surface area contributed by atoms with Crippen LogP contribution in [0.25, 0.3) is 0 Å². The standard InChI is InChI=1S/C14H28N2O2/c1-3-4-9-15-14(18)12(2)16(10-6-11-17)13-7-5-8-13/h12-13,17H,3-11H2,1-2H3,(H,15,18). The molecular weight excluding hydrogens is 228 g/mol. The molecule has 0 spiro atoms. The van der Waals surface area contributed by atoms with E-state index in [1.54, 1.807) is 0 Å². The minimum Gasteiger partial charge on any atom is -0.396 e. The first-order valence-corrected chi connectivity index (χ1v) is 7.35. The summed E-state index contributed by atoms with van der Waals surface area (Å²) in [5.41, 5.74) is 0. The van der Waals surface area contributed by atoms with E-state index in [1.807, 2.05) is 6.92 Å². The highest BCUT2D eigenvalue weighted by Crippen LogP contribution is 2.26. The molecule has 0 heterocycles. The fourth-order valence-electron chi connectivity index (χ4n) is 2.35. The first-order valence-electron chi connectivity index (χ1n) is 7.35. The van der Waals surface area contributed by atoms with Crippen LogP contribution in [0.4, 0.5) is 0 Å². The van der Waals surface area contributed by atoms with Crippen molar-refractivity contribution in [1.29, 1.82) is 0 Å². The molecule has 1 aliphatic carbocycles. The molecular formula is C14H28N2O2. The van der Waals surface area contributed by atoms with Crippen LogP contribution in [0.2, 0.25) is 0 Å². The molecule has 1 aliphatic rings. The number of amides is 1. The van der Waals surface area contributed by atoms with Gasteiger partial charge in [-0.3, -0.25) is 9.69 Å². The van der Waals surface area contributed by atoms with E-state index >= 15 is 0 Å². The minimum atomic E-state index is -0.0706. The quantitative estimate of drug-likeness (QED) is 0.615. The van der Waals surface area contributed by atoms with Crippen LogP contribution in [0, 0.1) is 0 Å². The number of carbonyl (C=O) groups is 1. The van der Waals surface area contributed by atoms with Gasteiger partial charge in [-0.05, 0) is 32.6 Å². The van der Waals surface area contributed by atoms with Crippen molar-refractivity contribution in [2.24, 2.45) is 0 Å². The Balaban J connectivity index is 2.41. The lowest BCUT2D eigenvalue weighted by molar-refractivity contribution is -0.127. The number of nitrogens with zero attached hydrogens (tertiary/aromatic N) is 1. The number of unbranched alkanes of at least 4 members (excludes halogenated alkanes) is 1. The van der Waals surface area contributed by atoms with E-state index in [1.165, 1.54) is 19.3 Å². The maximum Gasteiger partial charge on any atom is 0.237 e. The minimum absolute atomic E-state index is 0.0706. The van der Waals surface area contributed by atoms with Gasteiger partial charge in [0, 0.05) is 25.7 Å². The summed E-state index contributed by atoms with van der Waals surface area (Å²) in [7, 11) is 0. The van der Waals surface area contributed by atoms with Crippen molar-refractivity contribution >= 4 is 5.91 Å². The van der Waals surface area contributed by atoms with Gasteiger partial charge < -0.3 is 10.4 Å². The largest absolute Gasteiger partial charge is 0.396 e. The molecule has 4 heteroatoms. The number of aliphatic hydroxyl groups is 1. The Labute approximate surface area is 111 Å². The molecule has 18 heavy (non-hydrogen) atoms. The fourth-order valence-corrected chi connectivity index (χ4v) is 2.35. The van der Waals surface area contributed by atoms with Crippen molar-refractivity contribution in [3.63, 3.8) is 0 Å².